The lowest BCUT2D eigenvalue weighted by Gasteiger charge is -2.58. The molecule has 4 aliphatic carbocycles. The highest BCUT2D eigenvalue weighted by Crippen LogP contribution is 2.67. The van der Waals surface area contributed by atoms with Gasteiger partial charge in [-0.25, -0.2) is 4.79 Å². The molecule has 0 heterocycles. The zero-order valence-electron chi connectivity index (χ0n) is 32.8. The maximum absolute atomic E-state index is 13.8. The zero-order chi connectivity index (χ0) is 36.9. The Kier molecular flexibility index (Phi) is 13.2. The van der Waals surface area contributed by atoms with Crippen molar-refractivity contribution in [1.82, 2.24) is 10.6 Å². The SMILES string of the molecule is CC(C)CCC[C@@H](C)[C@H]1CC[C@H]2[C@@H]3CC=C4C[C@@H](OC(=O)[C@@H](CC(C)C)NC(=O)[C@H](Cc5ccccc5)NC(=O)CN)CC[C@]4(C)[C@H]3CC[C@]12C. The van der Waals surface area contributed by atoms with Crippen LogP contribution in [-0.2, 0) is 25.5 Å². The number of benzene rings is 1. The largest absolute Gasteiger partial charge is 0.461 e. The number of hydrogen-bond acceptors (Lipinski definition) is 5. The summed E-state index contributed by atoms with van der Waals surface area (Å²) in [4.78, 5) is 39.6. The number of fused-ring (bicyclic) bond motifs is 5. The van der Waals surface area contributed by atoms with Crippen LogP contribution in [-0.4, -0.2) is 42.5 Å². The van der Waals surface area contributed by atoms with Gasteiger partial charge in [-0.15, -0.1) is 0 Å². The van der Waals surface area contributed by atoms with Gasteiger partial charge >= 0.3 is 5.97 Å². The van der Waals surface area contributed by atoms with Crippen LogP contribution in [0.4, 0.5) is 0 Å². The van der Waals surface area contributed by atoms with E-state index in [-0.39, 0.29) is 30.0 Å². The molecule has 4 N–H and O–H groups in total. The van der Waals surface area contributed by atoms with Gasteiger partial charge in [-0.3, -0.25) is 9.59 Å². The number of ether oxygens (including phenoxy) is 1. The standard InChI is InChI=1S/C44H69N3O4/c1-28(2)12-11-13-30(5)35-18-19-36-34-17-16-32-26-33(20-22-43(32,6)37(34)21-23-44(35,36)7)51-42(50)39(24-29(3)4)47-41(49)38(46-40(48)27-45)25-31-14-9-8-10-15-31/h8-10,14-16,28-30,33-39H,11-13,17-27,45H2,1-7H3,(H,46,48)(H,47,49)/t30-,33+,34+,35-,36+,37+,38+,39-,43+,44-/m1/s1. The Bertz CT molecular complexity index is 1380. The first-order valence-electron chi connectivity index (χ1n) is 20.5. The number of esters is 1. The van der Waals surface area contributed by atoms with Crippen LogP contribution in [0.5, 0.6) is 0 Å². The Morgan fingerprint density at radius 1 is 0.882 bits per heavy atom. The average molecular weight is 704 g/mol. The predicted molar refractivity (Wildman–Crippen MR) is 205 cm³/mol. The molecule has 4 aliphatic rings. The number of rotatable bonds is 15. The molecule has 284 valence electrons. The van der Waals surface area contributed by atoms with Crippen LogP contribution in [0.1, 0.15) is 131 Å². The third-order valence-electron chi connectivity index (χ3n) is 14.0. The number of amides is 2. The van der Waals surface area contributed by atoms with E-state index in [4.69, 9.17) is 10.5 Å². The molecular weight excluding hydrogens is 635 g/mol. The van der Waals surface area contributed by atoms with Crippen molar-refractivity contribution in [3.05, 3.63) is 47.5 Å². The molecule has 3 fully saturated rings. The Morgan fingerprint density at radius 3 is 2.31 bits per heavy atom. The lowest BCUT2D eigenvalue weighted by molar-refractivity contribution is -0.156. The second kappa shape index (κ2) is 17.0. The van der Waals surface area contributed by atoms with Gasteiger partial charge in [0.1, 0.15) is 18.2 Å². The van der Waals surface area contributed by atoms with E-state index in [1.54, 1.807) is 0 Å². The predicted octanol–water partition coefficient (Wildman–Crippen LogP) is 8.16. The number of carbonyl (C=O) groups excluding carboxylic acids is 3. The minimum atomic E-state index is -0.845. The fourth-order valence-electron chi connectivity index (χ4n) is 11.3. The molecule has 7 heteroatoms. The Morgan fingerprint density at radius 2 is 1.63 bits per heavy atom. The van der Waals surface area contributed by atoms with Gasteiger partial charge in [0, 0.05) is 12.8 Å². The number of hydrogen-bond donors (Lipinski definition) is 3. The highest BCUT2D eigenvalue weighted by Gasteiger charge is 2.59. The van der Waals surface area contributed by atoms with Crippen molar-refractivity contribution in [3.63, 3.8) is 0 Å². The van der Waals surface area contributed by atoms with Gasteiger partial charge < -0.3 is 21.1 Å². The van der Waals surface area contributed by atoms with Gasteiger partial charge in [0.15, 0.2) is 0 Å². The number of carbonyl (C=O) groups is 3. The molecule has 5 rings (SSSR count). The van der Waals surface area contributed by atoms with Crippen molar-refractivity contribution >= 4 is 17.8 Å². The molecule has 10 atom stereocenters. The van der Waals surface area contributed by atoms with Gasteiger partial charge in [-0.05, 0) is 109 Å². The molecule has 0 aromatic heterocycles. The topological polar surface area (TPSA) is 111 Å². The van der Waals surface area contributed by atoms with Gasteiger partial charge in [-0.1, -0.05) is 110 Å². The van der Waals surface area contributed by atoms with Crippen LogP contribution in [0, 0.1) is 52.3 Å². The van der Waals surface area contributed by atoms with Crippen LogP contribution >= 0.6 is 0 Å². The monoisotopic (exact) mass is 704 g/mol. The van der Waals surface area contributed by atoms with Gasteiger partial charge in [0.2, 0.25) is 11.8 Å². The first-order valence-corrected chi connectivity index (χ1v) is 20.5. The summed E-state index contributed by atoms with van der Waals surface area (Å²) in [5.41, 5.74) is 8.61. The minimum Gasteiger partial charge on any atom is -0.461 e. The molecule has 0 spiro atoms. The smallest absolute Gasteiger partial charge is 0.328 e. The lowest BCUT2D eigenvalue weighted by Crippen LogP contribution is -2.54. The van der Waals surface area contributed by atoms with Crippen molar-refractivity contribution < 1.29 is 19.1 Å². The lowest BCUT2D eigenvalue weighted by atomic mass is 9.47. The summed E-state index contributed by atoms with van der Waals surface area (Å²) in [6.45, 7) is 16.3. The molecule has 0 saturated heterocycles. The van der Waals surface area contributed by atoms with Crippen LogP contribution in [0.15, 0.2) is 42.0 Å². The fourth-order valence-corrected chi connectivity index (χ4v) is 11.3. The third-order valence-corrected chi connectivity index (χ3v) is 14.0. The summed E-state index contributed by atoms with van der Waals surface area (Å²) >= 11 is 0. The van der Waals surface area contributed by atoms with E-state index in [1.165, 1.54) is 50.5 Å². The number of nitrogens with one attached hydrogen (secondary N) is 2. The second-order valence-corrected chi connectivity index (χ2v) is 18.3. The van der Waals surface area contributed by atoms with E-state index >= 15 is 0 Å². The van der Waals surface area contributed by atoms with Gasteiger partial charge in [0.05, 0.1) is 6.54 Å². The summed E-state index contributed by atoms with van der Waals surface area (Å²) in [6.07, 6.45) is 16.5. The Labute approximate surface area is 309 Å². The molecule has 0 radical (unpaired) electrons. The highest BCUT2D eigenvalue weighted by molar-refractivity contribution is 5.91. The third kappa shape index (κ3) is 9.11. The van der Waals surface area contributed by atoms with Crippen LogP contribution in [0.2, 0.25) is 0 Å². The molecule has 51 heavy (non-hydrogen) atoms. The van der Waals surface area contributed by atoms with Crippen molar-refractivity contribution in [2.24, 2.45) is 58.0 Å². The van der Waals surface area contributed by atoms with Gasteiger partial charge in [-0.2, -0.15) is 0 Å². The molecule has 3 saturated carbocycles. The van der Waals surface area contributed by atoms with E-state index in [0.717, 1.165) is 60.8 Å². The van der Waals surface area contributed by atoms with Crippen LogP contribution in [0.25, 0.3) is 0 Å². The first-order chi connectivity index (χ1) is 24.2. The van der Waals surface area contributed by atoms with Crippen molar-refractivity contribution in [1.29, 1.82) is 0 Å². The average Bonchev–Trinajstić information content (AvgIpc) is 3.45. The molecule has 0 bridgehead atoms. The molecular formula is C44H69N3O4. The van der Waals surface area contributed by atoms with E-state index in [1.807, 2.05) is 44.2 Å². The Balaban J connectivity index is 1.22. The quantitative estimate of drug-likeness (QED) is 0.126. The normalized spacial score (nSPS) is 31.8. The summed E-state index contributed by atoms with van der Waals surface area (Å²) in [5.74, 6) is 3.73. The first kappa shape index (κ1) is 39.5. The van der Waals surface area contributed by atoms with Crippen molar-refractivity contribution in [2.75, 3.05) is 6.54 Å². The zero-order valence-corrected chi connectivity index (χ0v) is 32.8. The van der Waals surface area contributed by atoms with E-state index < -0.39 is 23.9 Å². The van der Waals surface area contributed by atoms with E-state index in [0.29, 0.717) is 24.2 Å². The van der Waals surface area contributed by atoms with Crippen molar-refractivity contribution in [3.8, 4) is 0 Å². The van der Waals surface area contributed by atoms with Crippen molar-refractivity contribution in [2.45, 2.75) is 150 Å². The molecule has 7 nitrogen and oxygen atoms in total. The van der Waals surface area contributed by atoms with E-state index in [2.05, 4.69) is 51.3 Å². The van der Waals surface area contributed by atoms with Gasteiger partial charge in [0.25, 0.3) is 0 Å². The Hall–Kier alpha value is -2.67. The molecule has 0 aliphatic heterocycles. The second-order valence-electron chi connectivity index (χ2n) is 18.3. The molecule has 2 amide bonds. The molecule has 0 unspecified atom stereocenters. The summed E-state index contributed by atoms with van der Waals surface area (Å²) in [6, 6.07) is 7.91. The molecule has 1 aromatic carbocycles. The maximum atomic E-state index is 13.8. The maximum Gasteiger partial charge on any atom is 0.328 e. The summed E-state index contributed by atoms with van der Waals surface area (Å²) in [5, 5.41) is 5.71. The molecule has 1 aromatic rings. The number of allylic oxidation sites excluding steroid dienone is 1. The number of nitrogens with two attached hydrogens (primary N) is 1. The van der Waals surface area contributed by atoms with E-state index in [9.17, 15) is 14.4 Å². The summed E-state index contributed by atoms with van der Waals surface area (Å²) in [7, 11) is 0. The fraction of sp³-hybridized carbons (Fsp3) is 0.750. The van der Waals surface area contributed by atoms with Crippen LogP contribution < -0.4 is 16.4 Å². The minimum absolute atomic E-state index is 0.164. The van der Waals surface area contributed by atoms with Crippen LogP contribution in [0.3, 0.4) is 0 Å². The highest BCUT2D eigenvalue weighted by atomic mass is 16.5. The summed E-state index contributed by atoms with van der Waals surface area (Å²) < 4.78 is 6.26.